The van der Waals surface area contributed by atoms with Crippen molar-refractivity contribution < 1.29 is 31.8 Å². The molecule has 0 bridgehead atoms. The van der Waals surface area contributed by atoms with Gasteiger partial charge in [0.2, 0.25) is 0 Å². The minimum atomic E-state index is -3.99. The Bertz CT molecular complexity index is 758. The number of hydrogen-bond acceptors (Lipinski definition) is 5. The number of carbonyl (C=O) groups excluding carboxylic acids is 1. The molecular weight excluding hydrogens is 346 g/mol. The minimum absolute atomic E-state index is 0.00872. The summed E-state index contributed by atoms with van der Waals surface area (Å²) >= 11 is 0. The Kier molecular flexibility index (Phi) is 5.65. The summed E-state index contributed by atoms with van der Waals surface area (Å²) in [5.41, 5.74) is 0.915. The summed E-state index contributed by atoms with van der Waals surface area (Å²) in [5, 5.41) is 9.58. The van der Waals surface area contributed by atoms with Crippen LogP contribution in [0.5, 0.6) is 0 Å². The SMILES string of the molecule is Cc1ccc(S(=O)(=O)OCC(C)C(=O)[N+]2(C(=O)O)CCC[C@H]2C)cc1. The van der Waals surface area contributed by atoms with Crippen LogP contribution in [0.25, 0.3) is 0 Å². The van der Waals surface area contributed by atoms with Gasteiger partial charge in [-0.15, -0.1) is 0 Å². The van der Waals surface area contributed by atoms with Crippen LogP contribution in [-0.4, -0.2) is 49.2 Å². The fraction of sp³-hybridized carbons (Fsp3) is 0.529. The quantitative estimate of drug-likeness (QED) is 0.632. The maximum Gasteiger partial charge on any atom is 0.521 e. The number of aryl methyl sites for hydroxylation is 1. The normalized spacial score (nSPS) is 24.8. The van der Waals surface area contributed by atoms with E-state index in [-0.39, 0.29) is 24.1 Å². The summed E-state index contributed by atoms with van der Waals surface area (Å²) in [7, 11) is -3.99. The molecule has 1 fully saturated rings. The molecule has 7 nitrogen and oxygen atoms in total. The Balaban J connectivity index is 2.11. The number of likely N-dealkylation sites (tertiary alicyclic amines) is 1. The van der Waals surface area contributed by atoms with E-state index < -0.39 is 32.5 Å². The average Bonchev–Trinajstić information content (AvgIpc) is 2.95. The molecule has 1 aromatic carbocycles. The highest BCUT2D eigenvalue weighted by Gasteiger charge is 2.54. The molecule has 25 heavy (non-hydrogen) atoms. The molecule has 1 saturated heterocycles. The molecule has 1 aliphatic rings. The van der Waals surface area contributed by atoms with Gasteiger partial charge in [-0.05, 0) is 32.9 Å². The highest BCUT2D eigenvalue weighted by atomic mass is 32.2. The van der Waals surface area contributed by atoms with Gasteiger partial charge >= 0.3 is 12.0 Å². The van der Waals surface area contributed by atoms with E-state index in [0.717, 1.165) is 5.56 Å². The first kappa shape index (κ1) is 19.6. The van der Waals surface area contributed by atoms with Gasteiger partial charge in [-0.25, -0.2) is 4.79 Å². The molecule has 138 valence electrons. The lowest BCUT2D eigenvalue weighted by atomic mass is 10.1. The lowest BCUT2D eigenvalue weighted by molar-refractivity contribution is -0.794. The van der Waals surface area contributed by atoms with Crippen molar-refractivity contribution in [1.29, 1.82) is 0 Å². The number of benzene rings is 1. The second-order valence-corrected chi connectivity index (χ2v) is 8.27. The molecule has 0 aromatic heterocycles. The third-order valence-corrected chi connectivity index (χ3v) is 6.12. The van der Waals surface area contributed by atoms with Gasteiger partial charge < -0.3 is 5.11 Å². The van der Waals surface area contributed by atoms with Crippen molar-refractivity contribution in [1.82, 2.24) is 0 Å². The maximum absolute atomic E-state index is 12.7. The molecule has 0 radical (unpaired) electrons. The van der Waals surface area contributed by atoms with Crippen LogP contribution in [0, 0.1) is 12.8 Å². The van der Waals surface area contributed by atoms with Gasteiger partial charge in [0.05, 0.1) is 24.0 Å². The van der Waals surface area contributed by atoms with Gasteiger partial charge in [-0.1, -0.05) is 17.7 Å². The van der Waals surface area contributed by atoms with Crippen LogP contribution in [-0.2, 0) is 19.1 Å². The van der Waals surface area contributed by atoms with Gasteiger partial charge in [0.15, 0.2) is 0 Å². The summed E-state index contributed by atoms with van der Waals surface area (Å²) < 4.78 is 28.8. The fourth-order valence-electron chi connectivity index (χ4n) is 3.21. The van der Waals surface area contributed by atoms with Gasteiger partial charge in [0.25, 0.3) is 10.1 Å². The Hall–Kier alpha value is -1.77. The topological polar surface area (TPSA) is 97.7 Å². The lowest BCUT2D eigenvalue weighted by Crippen LogP contribution is -2.60. The van der Waals surface area contributed by atoms with Crippen LogP contribution in [0.4, 0.5) is 4.79 Å². The second-order valence-electron chi connectivity index (χ2n) is 6.66. The van der Waals surface area contributed by atoms with E-state index in [9.17, 15) is 23.1 Å². The van der Waals surface area contributed by atoms with E-state index in [1.165, 1.54) is 19.1 Å². The van der Waals surface area contributed by atoms with E-state index in [2.05, 4.69) is 0 Å². The van der Waals surface area contributed by atoms with Crippen LogP contribution in [0.15, 0.2) is 29.2 Å². The lowest BCUT2D eigenvalue weighted by Gasteiger charge is -2.31. The molecular formula is C17H24NO6S+. The minimum Gasteiger partial charge on any atom is -0.435 e. The number of rotatable bonds is 5. The largest absolute Gasteiger partial charge is 0.521 e. The second kappa shape index (κ2) is 7.23. The number of carboxylic acid groups (broad SMARTS) is 1. The van der Waals surface area contributed by atoms with E-state index in [0.29, 0.717) is 12.8 Å². The summed E-state index contributed by atoms with van der Waals surface area (Å²) in [5.74, 6) is -1.37. The molecule has 1 aromatic rings. The van der Waals surface area contributed by atoms with Crippen molar-refractivity contribution >= 4 is 22.1 Å². The number of imide groups is 1. The van der Waals surface area contributed by atoms with Crippen molar-refractivity contribution in [2.75, 3.05) is 13.2 Å². The molecule has 2 rings (SSSR count). The van der Waals surface area contributed by atoms with E-state index in [1.54, 1.807) is 19.1 Å². The van der Waals surface area contributed by atoms with Gasteiger partial charge in [0, 0.05) is 12.8 Å². The number of hydrogen-bond donors (Lipinski definition) is 1. The number of carbonyl (C=O) groups is 2. The molecule has 0 aliphatic carbocycles. The summed E-state index contributed by atoms with van der Waals surface area (Å²) in [6, 6.07) is 5.85. The number of quaternary nitrogens is 1. The highest BCUT2D eigenvalue weighted by molar-refractivity contribution is 7.86. The Morgan fingerprint density at radius 1 is 1.32 bits per heavy atom. The highest BCUT2D eigenvalue weighted by Crippen LogP contribution is 2.30. The predicted molar refractivity (Wildman–Crippen MR) is 90.3 cm³/mol. The standard InChI is InChI=1S/C17H23NO6S/c1-12-6-8-15(9-7-12)25(22,23)24-11-13(2)16(19)18(17(20)21)10-4-5-14(18)3/h6-9,13-14H,4-5,10-11H2,1-3H3/p+1/t13?,14-,18?/m1/s1. The van der Waals surface area contributed by atoms with Gasteiger partial charge in [-0.3, -0.25) is 4.18 Å². The van der Waals surface area contributed by atoms with Crippen LogP contribution in [0.2, 0.25) is 0 Å². The molecule has 2 amide bonds. The first-order valence-electron chi connectivity index (χ1n) is 8.23. The van der Waals surface area contributed by atoms with Crippen molar-refractivity contribution in [3.05, 3.63) is 29.8 Å². The molecule has 1 N–H and O–H groups in total. The zero-order chi connectivity index (χ0) is 18.8. The van der Waals surface area contributed by atoms with Crippen molar-refractivity contribution in [2.24, 2.45) is 5.92 Å². The van der Waals surface area contributed by atoms with E-state index in [4.69, 9.17) is 4.18 Å². The molecule has 1 aliphatic heterocycles. The molecule has 8 heteroatoms. The Morgan fingerprint density at radius 2 is 1.92 bits per heavy atom. The van der Waals surface area contributed by atoms with Crippen LogP contribution in [0.3, 0.4) is 0 Å². The summed E-state index contributed by atoms with van der Waals surface area (Å²) in [6.45, 7) is 4.92. The van der Waals surface area contributed by atoms with E-state index in [1.807, 2.05) is 6.92 Å². The first-order chi connectivity index (χ1) is 11.6. The summed E-state index contributed by atoms with van der Waals surface area (Å²) in [4.78, 5) is 24.5. The van der Waals surface area contributed by atoms with Gasteiger partial charge in [-0.2, -0.15) is 17.7 Å². The number of amides is 2. The Labute approximate surface area is 147 Å². The monoisotopic (exact) mass is 370 g/mol. The summed E-state index contributed by atoms with van der Waals surface area (Å²) in [6.07, 6.45) is 0.102. The third-order valence-electron chi connectivity index (χ3n) is 4.82. The van der Waals surface area contributed by atoms with Crippen molar-refractivity contribution in [3.8, 4) is 0 Å². The zero-order valence-electron chi connectivity index (χ0n) is 14.6. The average molecular weight is 370 g/mol. The fourth-order valence-corrected chi connectivity index (χ4v) is 4.20. The molecule has 2 unspecified atom stereocenters. The van der Waals surface area contributed by atoms with Crippen LogP contribution >= 0.6 is 0 Å². The smallest absolute Gasteiger partial charge is 0.435 e. The van der Waals surface area contributed by atoms with Crippen molar-refractivity contribution in [3.63, 3.8) is 0 Å². The molecule has 1 heterocycles. The maximum atomic E-state index is 12.7. The predicted octanol–water partition coefficient (Wildman–Crippen LogP) is 2.54. The number of nitrogens with zero attached hydrogens (tertiary/aromatic N) is 1. The first-order valence-corrected chi connectivity index (χ1v) is 9.64. The third kappa shape index (κ3) is 3.75. The Morgan fingerprint density at radius 3 is 2.40 bits per heavy atom. The molecule has 0 saturated carbocycles. The molecule has 0 spiro atoms. The van der Waals surface area contributed by atoms with Crippen LogP contribution < -0.4 is 0 Å². The zero-order valence-corrected chi connectivity index (χ0v) is 15.5. The van der Waals surface area contributed by atoms with E-state index >= 15 is 0 Å². The van der Waals surface area contributed by atoms with Crippen LogP contribution in [0.1, 0.15) is 32.3 Å². The van der Waals surface area contributed by atoms with Gasteiger partial charge in [0.1, 0.15) is 6.04 Å². The van der Waals surface area contributed by atoms with Crippen molar-refractivity contribution in [2.45, 2.75) is 44.6 Å². The molecule has 3 atom stereocenters.